The molecule has 166 valence electrons. The Labute approximate surface area is 184 Å². The number of amides is 1. The van der Waals surface area contributed by atoms with Crippen LogP contribution >= 0.6 is 0 Å². The van der Waals surface area contributed by atoms with E-state index in [0.29, 0.717) is 38.9 Å². The summed E-state index contributed by atoms with van der Waals surface area (Å²) < 4.78 is 11.2. The third kappa shape index (κ3) is 5.15. The largest absolute Gasteiger partial charge is 0.494 e. The van der Waals surface area contributed by atoms with E-state index in [9.17, 15) is 4.79 Å². The summed E-state index contributed by atoms with van der Waals surface area (Å²) in [6.45, 7) is 6.25. The van der Waals surface area contributed by atoms with Crippen LogP contribution in [0, 0.1) is 5.92 Å². The summed E-state index contributed by atoms with van der Waals surface area (Å²) in [5.41, 5.74) is 1.14. The SMILES string of the molecule is CCOc1ccc(C2(CNC(=O)C3CCCN(c4ncccn4)C3)CCOCC2)cc1. The van der Waals surface area contributed by atoms with Crippen LogP contribution in [0.25, 0.3) is 0 Å². The van der Waals surface area contributed by atoms with Gasteiger partial charge in [-0.3, -0.25) is 4.79 Å². The number of piperidine rings is 1. The molecule has 0 radical (unpaired) electrons. The van der Waals surface area contributed by atoms with E-state index in [4.69, 9.17) is 9.47 Å². The number of anilines is 1. The number of hydrogen-bond donors (Lipinski definition) is 1. The summed E-state index contributed by atoms with van der Waals surface area (Å²) in [5.74, 6) is 1.66. The Bertz CT molecular complexity index is 838. The zero-order chi connectivity index (χ0) is 21.5. The maximum atomic E-state index is 13.1. The van der Waals surface area contributed by atoms with Gasteiger partial charge in [-0.1, -0.05) is 12.1 Å². The highest BCUT2D eigenvalue weighted by Crippen LogP contribution is 2.35. The first-order valence-electron chi connectivity index (χ1n) is 11.3. The van der Waals surface area contributed by atoms with Crippen LogP contribution in [0.15, 0.2) is 42.7 Å². The monoisotopic (exact) mass is 424 g/mol. The molecule has 2 saturated heterocycles. The van der Waals surface area contributed by atoms with Gasteiger partial charge in [0.25, 0.3) is 0 Å². The molecule has 0 spiro atoms. The maximum Gasteiger partial charge on any atom is 0.225 e. The summed E-state index contributed by atoms with van der Waals surface area (Å²) in [5, 5.41) is 3.28. The Morgan fingerprint density at radius 1 is 1.23 bits per heavy atom. The molecule has 2 aliphatic rings. The van der Waals surface area contributed by atoms with Crippen LogP contribution < -0.4 is 15.0 Å². The summed E-state index contributed by atoms with van der Waals surface area (Å²) in [4.78, 5) is 23.9. The van der Waals surface area contributed by atoms with Gasteiger partial charge in [-0.25, -0.2) is 9.97 Å². The maximum absolute atomic E-state index is 13.1. The normalized spacial score (nSPS) is 20.8. The molecule has 0 bridgehead atoms. The summed E-state index contributed by atoms with van der Waals surface area (Å²) in [7, 11) is 0. The van der Waals surface area contributed by atoms with Crippen LogP contribution in [-0.2, 0) is 14.9 Å². The van der Waals surface area contributed by atoms with E-state index in [2.05, 4.69) is 32.3 Å². The first kappa shape index (κ1) is 21.6. The molecule has 2 aliphatic heterocycles. The van der Waals surface area contributed by atoms with Gasteiger partial charge in [-0.15, -0.1) is 0 Å². The van der Waals surface area contributed by atoms with Crippen molar-refractivity contribution in [2.75, 3.05) is 44.4 Å². The Balaban J connectivity index is 1.41. The first-order chi connectivity index (χ1) is 15.2. The second kappa shape index (κ2) is 10.1. The van der Waals surface area contributed by atoms with E-state index >= 15 is 0 Å². The Kier molecular flexibility index (Phi) is 7.02. The topological polar surface area (TPSA) is 76.6 Å². The second-order valence-corrected chi connectivity index (χ2v) is 8.40. The first-order valence-corrected chi connectivity index (χ1v) is 11.3. The number of rotatable bonds is 7. The predicted molar refractivity (Wildman–Crippen MR) is 119 cm³/mol. The average Bonchev–Trinajstić information content (AvgIpc) is 2.84. The molecule has 2 fully saturated rings. The van der Waals surface area contributed by atoms with E-state index in [1.54, 1.807) is 12.4 Å². The third-order valence-corrected chi connectivity index (χ3v) is 6.46. The van der Waals surface area contributed by atoms with Gasteiger partial charge >= 0.3 is 0 Å². The van der Waals surface area contributed by atoms with Gasteiger partial charge in [0.15, 0.2) is 0 Å². The molecule has 1 atom stereocenters. The van der Waals surface area contributed by atoms with Gasteiger partial charge < -0.3 is 19.7 Å². The number of carbonyl (C=O) groups excluding carboxylic acids is 1. The molecule has 2 aromatic rings. The fraction of sp³-hybridized carbons (Fsp3) is 0.542. The fourth-order valence-corrected chi connectivity index (χ4v) is 4.63. The van der Waals surface area contributed by atoms with Crippen LogP contribution in [0.5, 0.6) is 5.75 Å². The summed E-state index contributed by atoms with van der Waals surface area (Å²) in [6.07, 6.45) is 7.16. The lowest BCUT2D eigenvalue weighted by atomic mass is 9.74. The fourth-order valence-electron chi connectivity index (χ4n) is 4.63. The quantitative estimate of drug-likeness (QED) is 0.737. The molecule has 3 heterocycles. The van der Waals surface area contributed by atoms with Crippen LogP contribution in [-0.4, -0.2) is 55.3 Å². The van der Waals surface area contributed by atoms with Crippen molar-refractivity contribution in [3.63, 3.8) is 0 Å². The minimum absolute atomic E-state index is 0.0465. The Morgan fingerprint density at radius 3 is 2.68 bits per heavy atom. The van der Waals surface area contributed by atoms with Crippen molar-refractivity contribution in [3.8, 4) is 5.75 Å². The highest BCUT2D eigenvalue weighted by atomic mass is 16.5. The lowest BCUT2D eigenvalue weighted by Gasteiger charge is -2.39. The van der Waals surface area contributed by atoms with Crippen LogP contribution in [0.2, 0.25) is 0 Å². The van der Waals surface area contributed by atoms with Gasteiger partial charge in [0, 0.05) is 50.7 Å². The van der Waals surface area contributed by atoms with Gasteiger partial charge in [0.2, 0.25) is 11.9 Å². The highest BCUT2D eigenvalue weighted by Gasteiger charge is 2.36. The van der Waals surface area contributed by atoms with E-state index in [0.717, 1.165) is 38.0 Å². The third-order valence-electron chi connectivity index (χ3n) is 6.46. The minimum atomic E-state index is -0.102. The predicted octanol–water partition coefficient (Wildman–Crippen LogP) is 2.96. The van der Waals surface area contributed by atoms with Crippen molar-refractivity contribution in [3.05, 3.63) is 48.3 Å². The lowest BCUT2D eigenvalue weighted by Crippen LogP contribution is -2.49. The van der Waals surface area contributed by atoms with Crippen molar-refractivity contribution in [2.24, 2.45) is 5.92 Å². The smallest absolute Gasteiger partial charge is 0.225 e. The molecular weight excluding hydrogens is 392 g/mol. The van der Waals surface area contributed by atoms with Gasteiger partial charge in [-0.05, 0) is 56.4 Å². The number of carbonyl (C=O) groups is 1. The number of hydrogen-bond acceptors (Lipinski definition) is 6. The molecule has 1 unspecified atom stereocenters. The number of benzene rings is 1. The zero-order valence-electron chi connectivity index (χ0n) is 18.3. The molecule has 4 rings (SSSR count). The zero-order valence-corrected chi connectivity index (χ0v) is 18.3. The molecule has 7 nitrogen and oxygen atoms in total. The molecule has 1 amide bonds. The number of nitrogens with one attached hydrogen (secondary N) is 1. The molecule has 0 aliphatic carbocycles. The van der Waals surface area contributed by atoms with E-state index in [1.165, 1.54) is 5.56 Å². The second-order valence-electron chi connectivity index (χ2n) is 8.40. The molecule has 1 aromatic heterocycles. The molecule has 1 N–H and O–H groups in total. The minimum Gasteiger partial charge on any atom is -0.494 e. The van der Waals surface area contributed by atoms with Crippen molar-refractivity contribution in [2.45, 2.75) is 38.0 Å². The van der Waals surface area contributed by atoms with E-state index in [1.807, 2.05) is 25.1 Å². The van der Waals surface area contributed by atoms with Crippen molar-refractivity contribution < 1.29 is 14.3 Å². The van der Waals surface area contributed by atoms with E-state index in [-0.39, 0.29) is 17.2 Å². The standard InChI is InChI=1S/C24H32N4O3/c1-2-31-21-8-6-20(7-9-21)24(10-15-30-16-11-24)18-27-22(29)19-5-3-14-28(17-19)23-25-12-4-13-26-23/h4,6-9,12-13,19H,2-3,5,10-11,14-18H2,1H3,(H,27,29). The number of nitrogens with zero attached hydrogens (tertiary/aromatic N) is 3. The average molecular weight is 425 g/mol. The van der Waals surface area contributed by atoms with Crippen LogP contribution in [0.3, 0.4) is 0 Å². The van der Waals surface area contributed by atoms with Gasteiger partial charge in [0.1, 0.15) is 5.75 Å². The lowest BCUT2D eigenvalue weighted by molar-refractivity contribution is -0.125. The van der Waals surface area contributed by atoms with E-state index < -0.39 is 0 Å². The van der Waals surface area contributed by atoms with Gasteiger partial charge in [0.05, 0.1) is 12.5 Å². The molecule has 0 saturated carbocycles. The molecule has 1 aromatic carbocycles. The van der Waals surface area contributed by atoms with Gasteiger partial charge in [-0.2, -0.15) is 0 Å². The Morgan fingerprint density at radius 2 is 1.97 bits per heavy atom. The van der Waals surface area contributed by atoms with Crippen molar-refractivity contribution >= 4 is 11.9 Å². The highest BCUT2D eigenvalue weighted by molar-refractivity contribution is 5.79. The summed E-state index contributed by atoms with van der Waals surface area (Å²) >= 11 is 0. The van der Waals surface area contributed by atoms with Crippen LogP contribution in [0.4, 0.5) is 5.95 Å². The van der Waals surface area contributed by atoms with Crippen LogP contribution in [0.1, 0.15) is 38.2 Å². The molecule has 7 heteroatoms. The molecule has 31 heavy (non-hydrogen) atoms. The molecular formula is C24H32N4O3. The number of aromatic nitrogens is 2. The van der Waals surface area contributed by atoms with Crippen molar-refractivity contribution in [1.29, 1.82) is 0 Å². The Hall–Kier alpha value is -2.67. The summed E-state index contributed by atoms with van der Waals surface area (Å²) in [6, 6.07) is 10.1. The number of ether oxygens (including phenoxy) is 2. The van der Waals surface area contributed by atoms with Crippen molar-refractivity contribution in [1.82, 2.24) is 15.3 Å².